The smallest absolute Gasteiger partial charge is 0.245 e. The summed E-state index contributed by atoms with van der Waals surface area (Å²) < 4.78 is 0. The summed E-state index contributed by atoms with van der Waals surface area (Å²) in [4.78, 5) is 110. The van der Waals surface area contributed by atoms with Crippen LogP contribution in [0.25, 0.3) is 0 Å². The van der Waals surface area contributed by atoms with Crippen LogP contribution >= 0.6 is 0 Å². The Morgan fingerprint density at radius 3 is 1.37 bits per heavy atom. The minimum absolute atomic E-state index is 0.114. The van der Waals surface area contributed by atoms with E-state index in [4.69, 9.17) is 0 Å². The Balaban J connectivity index is 0.919. The van der Waals surface area contributed by atoms with Crippen LogP contribution in [0.5, 0.6) is 0 Å². The zero-order valence-electron chi connectivity index (χ0n) is 42.2. The van der Waals surface area contributed by atoms with Gasteiger partial charge in [-0.05, 0) is 153 Å². The van der Waals surface area contributed by atoms with E-state index in [1.165, 1.54) is 11.1 Å². The molecule has 2 fully saturated rings. The molecule has 2 aromatic rings. The number of aryl methyl sites for hydroxylation is 2. The second-order valence-corrected chi connectivity index (χ2v) is 19.7. The molecule has 0 spiro atoms. The lowest BCUT2D eigenvalue weighted by Crippen LogP contribution is -2.55. The summed E-state index contributed by atoms with van der Waals surface area (Å²) in [5.41, 5.74) is 4.70. The summed E-state index contributed by atoms with van der Waals surface area (Å²) in [5, 5.41) is 23.6. The van der Waals surface area contributed by atoms with Crippen molar-refractivity contribution < 1.29 is 38.4 Å². The van der Waals surface area contributed by atoms with Gasteiger partial charge in [0.25, 0.3) is 0 Å². The number of carbonyl (C=O) groups excluding carboxylic acids is 8. The van der Waals surface area contributed by atoms with Crippen LogP contribution in [0, 0.1) is 0 Å². The highest BCUT2D eigenvalue weighted by atomic mass is 16.2. The largest absolute Gasteiger partial charge is 0.356 e. The number of nitrogens with one attached hydrogen (secondary N) is 8. The number of benzene rings is 2. The number of unbranched alkanes of at least 4 members (excludes halogenated alkanes) is 2. The number of likely N-dealkylation sites (tertiary alicyclic amines) is 2. The van der Waals surface area contributed by atoms with E-state index in [0.717, 1.165) is 49.7 Å². The average molecular weight is 983 g/mol. The molecule has 2 aliphatic heterocycles. The summed E-state index contributed by atoms with van der Waals surface area (Å²) in [7, 11) is 3.32. The Bertz CT molecular complexity index is 2040. The molecule has 1 unspecified atom stereocenters. The third-order valence-corrected chi connectivity index (χ3v) is 14.7. The maximum absolute atomic E-state index is 14.1. The molecule has 0 radical (unpaired) electrons. The molecule has 2 heterocycles. The summed E-state index contributed by atoms with van der Waals surface area (Å²) in [6, 6.07) is 12.0. The highest BCUT2D eigenvalue weighted by Crippen LogP contribution is 2.32. The van der Waals surface area contributed by atoms with E-state index in [1.54, 1.807) is 37.7 Å². The Hall–Kier alpha value is -5.88. The third kappa shape index (κ3) is 15.1. The van der Waals surface area contributed by atoms with Crippen LogP contribution in [0.4, 0.5) is 0 Å². The van der Waals surface area contributed by atoms with Crippen molar-refractivity contribution in [3.05, 3.63) is 70.8 Å². The molecule has 2 saturated heterocycles. The number of likely N-dealkylation sites (N-methyl/N-ethyl adjacent to an activating group) is 2. The van der Waals surface area contributed by atoms with Crippen LogP contribution in [0.1, 0.15) is 144 Å². The monoisotopic (exact) mass is 983 g/mol. The third-order valence-electron chi connectivity index (χ3n) is 14.7. The molecular formula is C53H78N10O8. The molecule has 0 saturated carbocycles. The van der Waals surface area contributed by atoms with Gasteiger partial charge in [-0.3, -0.25) is 38.4 Å². The van der Waals surface area contributed by atoms with Gasteiger partial charge in [0.2, 0.25) is 47.3 Å². The van der Waals surface area contributed by atoms with Crippen molar-refractivity contribution in [1.82, 2.24) is 52.3 Å². The number of amides is 8. The molecule has 6 rings (SSSR count). The first-order valence-corrected chi connectivity index (χ1v) is 26.2. The minimum atomic E-state index is -0.862. The van der Waals surface area contributed by atoms with Gasteiger partial charge in [-0.25, -0.2) is 0 Å². The van der Waals surface area contributed by atoms with Crippen LogP contribution in [-0.2, 0) is 51.2 Å². The van der Waals surface area contributed by atoms with E-state index in [2.05, 4.69) is 66.8 Å². The quantitative estimate of drug-likeness (QED) is 0.0565. The number of hydrogen-bond donors (Lipinski definition) is 8. The van der Waals surface area contributed by atoms with Gasteiger partial charge in [0.1, 0.15) is 30.6 Å². The Morgan fingerprint density at radius 2 is 0.958 bits per heavy atom. The van der Waals surface area contributed by atoms with Gasteiger partial charge in [0.15, 0.2) is 0 Å². The predicted octanol–water partition coefficient (Wildman–Crippen LogP) is 2.50. The van der Waals surface area contributed by atoms with Gasteiger partial charge < -0.3 is 52.3 Å². The summed E-state index contributed by atoms with van der Waals surface area (Å²) in [6.07, 6.45) is 10.1. The van der Waals surface area contributed by atoms with Crippen molar-refractivity contribution in [3.8, 4) is 0 Å². The van der Waals surface area contributed by atoms with Crippen molar-refractivity contribution in [2.45, 2.75) is 171 Å². The van der Waals surface area contributed by atoms with Crippen LogP contribution < -0.4 is 42.5 Å². The minimum Gasteiger partial charge on any atom is -0.356 e. The molecule has 0 aromatic heterocycles. The highest BCUT2D eigenvalue weighted by molar-refractivity contribution is 5.97. The topological polar surface area (TPSA) is 239 Å². The first kappa shape index (κ1) is 54.5. The van der Waals surface area contributed by atoms with Crippen LogP contribution in [0.2, 0.25) is 0 Å². The van der Waals surface area contributed by atoms with Crippen molar-refractivity contribution in [3.63, 3.8) is 0 Å². The SMILES string of the molecule is CN[C@@H](C)C(=O)N[C@@H](CCCCNC(=O)CC(=O)NCCCC[C@H](NC(=O)[C@H](C)NC)C(=O)N1CCC[C@H]1C(=O)N[C@@H]1CCCc2ccccc21)C(=O)N1CCCC1C(=O)N[C@@H]1CCCc2ccccc21. The van der Waals surface area contributed by atoms with Gasteiger partial charge in [-0.2, -0.15) is 0 Å². The zero-order chi connectivity index (χ0) is 50.9. The molecule has 0 bridgehead atoms. The highest BCUT2D eigenvalue weighted by Gasteiger charge is 2.40. The van der Waals surface area contributed by atoms with Gasteiger partial charge in [-0.15, -0.1) is 0 Å². The predicted molar refractivity (Wildman–Crippen MR) is 269 cm³/mol. The lowest BCUT2D eigenvalue weighted by molar-refractivity contribution is -0.142. The number of rotatable bonds is 24. The summed E-state index contributed by atoms with van der Waals surface area (Å²) in [5.74, 6) is -2.56. The fraction of sp³-hybridized carbons (Fsp3) is 0.623. The number of fused-ring (bicyclic) bond motifs is 2. The first-order valence-electron chi connectivity index (χ1n) is 26.2. The lowest BCUT2D eigenvalue weighted by atomic mass is 9.87. The van der Waals surface area contributed by atoms with Crippen molar-refractivity contribution in [2.24, 2.45) is 0 Å². The number of hydrogen-bond acceptors (Lipinski definition) is 10. The number of nitrogens with zero attached hydrogens (tertiary/aromatic N) is 2. The van der Waals surface area contributed by atoms with E-state index >= 15 is 0 Å². The van der Waals surface area contributed by atoms with Crippen molar-refractivity contribution in [2.75, 3.05) is 40.3 Å². The lowest BCUT2D eigenvalue weighted by Gasteiger charge is -2.32. The molecule has 8 N–H and O–H groups in total. The maximum Gasteiger partial charge on any atom is 0.245 e. The Labute approximate surface area is 419 Å². The summed E-state index contributed by atoms with van der Waals surface area (Å²) >= 11 is 0. The molecule has 2 aromatic carbocycles. The average Bonchev–Trinajstić information content (AvgIpc) is 4.09. The van der Waals surface area contributed by atoms with Gasteiger partial charge in [0.05, 0.1) is 24.2 Å². The molecule has 8 atom stereocenters. The molecule has 18 nitrogen and oxygen atoms in total. The molecule has 71 heavy (non-hydrogen) atoms. The zero-order valence-corrected chi connectivity index (χ0v) is 42.2. The Morgan fingerprint density at radius 1 is 0.549 bits per heavy atom. The Kier molecular flexibility index (Phi) is 20.8. The van der Waals surface area contributed by atoms with Crippen molar-refractivity contribution >= 4 is 47.3 Å². The van der Waals surface area contributed by atoms with Crippen LogP contribution in [0.15, 0.2) is 48.5 Å². The maximum atomic E-state index is 14.1. The first-order chi connectivity index (χ1) is 34.3. The van der Waals surface area contributed by atoms with E-state index in [1.807, 2.05) is 24.3 Å². The summed E-state index contributed by atoms with van der Waals surface area (Å²) in [6.45, 7) is 4.75. The van der Waals surface area contributed by atoms with Gasteiger partial charge >= 0.3 is 0 Å². The number of carbonyl (C=O) groups is 8. The molecule has 8 amide bonds. The molecule has 4 aliphatic rings. The van der Waals surface area contributed by atoms with Crippen LogP contribution in [-0.4, -0.2) is 134 Å². The molecular weight excluding hydrogens is 905 g/mol. The standard InChI is InChI=1S/C53H78N10O8/c1-34(54-3)48(66)60-42(52(70)62-31-15-27-44(62)50(68)58-40-25-13-19-36-17-5-7-21-38(36)40)23-9-11-29-56-46(64)33-47(65)57-30-12-10-24-43(61-49(67)35(2)55-4)53(71)63-32-16-28-45(63)51(69)59-41-26-14-20-37-18-6-8-22-39(37)41/h5-8,17-18,21-22,34-35,40-45,54-55H,9-16,19-20,23-33H2,1-4H3,(H,56,64)(H,57,65)(H,58,68)(H,59,69)(H,60,66)(H,61,67)/t34-,35-,40+,41+,42-,43-,44-,45?/m0/s1. The molecule has 18 heteroatoms. The normalized spacial score (nSPS) is 21.1. The van der Waals surface area contributed by atoms with Gasteiger partial charge in [0, 0.05) is 26.2 Å². The fourth-order valence-corrected chi connectivity index (χ4v) is 10.4. The molecule has 2 aliphatic carbocycles. The van der Waals surface area contributed by atoms with E-state index in [9.17, 15) is 38.4 Å². The van der Waals surface area contributed by atoms with E-state index in [0.29, 0.717) is 77.3 Å². The second kappa shape index (κ2) is 27.1. The van der Waals surface area contributed by atoms with Crippen molar-refractivity contribution in [1.29, 1.82) is 0 Å². The molecule has 388 valence electrons. The van der Waals surface area contributed by atoms with Crippen LogP contribution in [0.3, 0.4) is 0 Å². The van der Waals surface area contributed by atoms with E-state index < -0.39 is 48.1 Å². The fourth-order valence-electron chi connectivity index (χ4n) is 10.4. The van der Waals surface area contributed by atoms with E-state index in [-0.39, 0.29) is 67.0 Å². The second-order valence-electron chi connectivity index (χ2n) is 19.7. The van der Waals surface area contributed by atoms with Gasteiger partial charge in [-0.1, -0.05) is 48.5 Å².